The van der Waals surface area contributed by atoms with Crippen LogP contribution >= 0.6 is 0 Å². The molecule has 2 rings (SSSR count). The summed E-state index contributed by atoms with van der Waals surface area (Å²) in [6.07, 6.45) is 1.58. The van der Waals surface area contributed by atoms with Gasteiger partial charge in [-0.15, -0.1) is 0 Å². The number of pyridine rings is 1. The van der Waals surface area contributed by atoms with Crippen molar-refractivity contribution in [2.24, 2.45) is 0 Å². The lowest BCUT2D eigenvalue weighted by atomic mass is 10.1. The molecule has 0 saturated heterocycles. The normalized spacial score (nSPS) is 12.0. The van der Waals surface area contributed by atoms with Crippen LogP contribution in [0.3, 0.4) is 0 Å². The summed E-state index contributed by atoms with van der Waals surface area (Å²) in [6.45, 7) is 2.61. The molecule has 0 bridgehead atoms. The van der Waals surface area contributed by atoms with Gasteiger partial charge in [-0.2, -0.15) is 0 Å². The van der Waals surface area contributed by atoms with Crippen molar-refractivity contribution in [3.8, 4) is 5.88 Å². The Labute approximate surface area is 141 Å². The molecule has 0 unspecified atom stereocenters. The lowest BCUT2D eigenvalue weighted by molar-refractivity contribution is 0.0937. The molecule has 0 aliphatic heterocycles. The molecule has 6 heteroatoms. The molecule has 1 atom stereocenters. The summed E-state index contributed by atoms with van der Waals surface area (Å²) >= 11 is 0. The van der Waals surface area contributed by atoms with E-state index in [1.54, 1.807) is 24.4 Å². The van der Waals surface area contributed by atoms with Gasteiger partial charge in [0.05, 0.1) is 12.6 Å². The minimum absolute atomic E-state index is 0.142. The Bertz CT molecular complexity index is 691. The van der Waals surface area contributed by atoms with Crippen LogP contribution in [0.5, 0.6) is 5.88 Å². The van der Waals surface area contributed by atoms with E-state index in [0.29, 0.717) is 24.6 Å². The average molecular weight is 331 g/mol. The molecular weight excluding hydrogens is 309 g/mol. The number of likely N-dealkylation sites (N-methyl/N-ethyl adjacent to an activating group) is 1. The SMILES string of the molecule is CCOc1ncccc1C(=O)NC[C@@H](c1cccc(F)c1)N(C)C. The van der Waals surface area contributed by atoms with Gasteiger partial charge in [0.1, 0.15) is 11.4 Å². The van der Waals surface area contributed by atoms with Crippen LogP contribution in [-0.2, 0) is 0 Å². The number of nitrogens with one attached hydrogen (secondary N) is 1. The van der Waals surface area contributed by atoms with Gasteiger partial charge >= 0.3 is 0 Å². The molecule has 24 heavy (non-hydrogen) atoms. The number of rotatable bonds is 7. The molecular formula is C18H22FN3O2. The van der Waals surface area contributed by atoms with E-state index in [1.807, 2.05) is 32.0 Å². The quantitative estimate of drug-likeness (QED) is 0.847. The number of carbonyl (C=O) groups is 1. The van der Waals surface area contributed by atoms with Crippen LogP contribution in [-0.4, -0.2) is 43.0 Å². The molecule has 128 valence electrons. The molecule has 0 fully saturated rings. The van der Waals surface area contributed by atoms with Gasteiger partial charge < -0.3 is 15.0 Å². The van der Waals surface area contributed by atoms with Gasteiger partial charge in [0, 0.05) is 12.7 Å². The standard InChI is InChI=1S/C18H22FN3O2/c1-4-24-18-15(9-6-10-20-18)17(23)21-12-16(22(2)3)13-7-5-8-14(19)11-13/h5-11,16H,4,12H2,1-3H3,(H,21,23)/t16-/m0/s1. The van der Waals surface area contributed by atoms with E-state index in [1.165, 1.54) is 12.1 Å². The van der Waals surface area contributed by atoms with Crippen LogP contribution in [0.4, 0.5) is 4.39 Å². The van der Waals surface area contributed by atoms with Crippen molar-refractivity contribution in [2.75, 3.05) is 27.2 Å². The first-order valence-corrected chi connectivity index (χ1v) is 7.80. The van der Waals surface area contributed by atoms with E-state index in [0.717, 1.165) is 5.56 Å². The predicted molar refractivity (Wildman–Crippen MR) is 90.6 cm³/mol. The molecule has 1 N–H and O–H groups in total. The van der Waals surface area contributed by atoms with Crippen molar-refractivity contribution in [3.05, 3.63) is 59.5 Å². The minimum atomic E-state index is -0.295. The van der Waals surface area contributed by atoms with Gasteiger partial charge in [-0.1, -0.05) is 12.1 Å². The lowest BCUT2D eigenvalue weighted by Crippen LogP contribution is -2.34. The van der Waals surface area contributed by atoms with E-state index < -0.39 is 0 Å². The van der Waals surface area contributed by atoms with Gasteiger partial charge in [0.25, 0.3) is 5.91 Å². The van der Waals surface area contributed by atoms with Gasteiger partial charge in [0.2, 0.25) is 5.88 Å². The molecule has 0 spiro atoms. The monoisotopic (exact) mass is 331 g/mol. The molecule has 2 aromatic rings. The Morgan fingerprint density at radius 2 is 2.12 bits per heavy atom. The zero-order valence-electron chi connectivity index (χ0n) is 14.1. The van der Waals surface area contributed by atoms with Crippen LogP contribution in [0.25, 0.3) is 0 Å². The fourth-order valence-electron chi connectivity index (χ4n) is 2.41. The number of ether oxygens (including phenoxy) is 1. The first-order chi connectivity index (χ1) is 11.5. The molecule has 0 aliphatic carbocycles. The molecule has 0 saturated carbocycles. The highest BCUT2D eigenvalue weighted by Gasteiger charge is 2.18. The number of benzene rings is 1. The van der Waals surface area contributed by atoms with Crippen LogP contribution in [0.2, 0.25) is 0 Å². The Hall–Kier alpha value is -2.47. The Morgan fingerprint density at radius 1 is 1.33 bits per heavy atom. The molecule has 0 radical (unpaired) electrons. The number of aromatic nitrogens is 1. The van der Waals surface area contributed by atoms with Gasteiger partial charge in [-0.25, -0.2) is 9.37 Å². The van der Waals surface area contributed by atoms with Crippen LogP contribution in [0, 0.1) is 5.82 Å². The number of hydrogen-bond donors (Lipinski definition) is 1. The Balaban J connectivity index is 2.11. The number of carbonyl (C=O) groups excluding carboxylic acids is 1. The van der Waals surface area contributed by atoms with Crippen molar-refractivity contribution in [3.63, 3.8) is 0 Å². The van der Waals surface area contributed by atoms with E-state index >= 15 is 0 Å². The summed E-state index contributed by atoms with van der Waals surface area (Å²) in [5.41, 5.74) is 1.19. The second-order valence-corrected chi connectivity index (χ2v) is 5.53. The molecule has 5 nitrogen and oxygen atoms in total. The zero-order valence-corrected chi connectivity index (χ0v) is 14.1. The zero-order chi connectivity index (χ0) is 17.5. The number of hydrogen-bond acceptors (Lipinski definition) is 4. The van der Waals surface area contributed by atoms with Crippen LogP contribution in [0.1, 0.15) is 28.9 Å². The second-order valence-electron chi connectivity index (χ2n) is 5.53. The maximum absolute atomic E-state index is 13.5. The second kappa shape index (κ2) is 8.40. The average Bonchev–Trinajstić information content (AvgIpc) is 2.55. The summed E-state index contributed by atoms with van der Waals surface area (Å²) < 4.78 is 18.8. The van der Waals surface area contributed by atoms with Crippen molar-refractivity contribution >= 4 is 5.91 Å². The molecule has 1 heterocycles. The van der Waals surface area contributed by atoms with Crippen LogP contribution in [0.15, 0.2) is 42.6 Å². The largest absolute Gasteiger partial charge is 0.477 e. The van der Waals surface area contributed by atoms with Gasteiger partial charge in [-0.3, -0.25) is 4.79 Å². The van der Waals surface area contributed by atoms with Crippen LogP contribution < -0.4 is 10.1 Å². The van der Waals surface area contributed by atoms with Gasteiger partial charge in [0.15, 0.2) is 0 Å². The summed E-state index contributed by atoms with van der Waals surface area (Å²) in [5, 5.41) is 2.87. The number of halogens is 1. The van der Waals surface area contributed by atoms with Crippen molar-refractivity contribution in [1.82, 2.24) is 15.2 Å². The van der Waals surface area contributed by atoms with E-state index in [9.17, 15) is 9.18 Å². The maximum atomic E-state index is 13.5. The minimum Gasteiger partial charge on any atom is -0.477 e. The third kappa shape index (κ3) is 4.52. The van der Waals surface area contributed by atoms with Crippen molar-refractivity contribution in [1.29, 1.82) is 0 Å². The van der Waals surface area contributed by atoms with E-state index in [4.69, 9.17) is 4.74 Å². The molecule has 0 aliphatic rings. The predicted octanol–water partition coefficient (Wildman–Crippen LogP) is 2.65. The summed E-state index contributed by atoms with van der Waals surface area (Å²) in [6, 6.07) is 9.60. The first kappa shape index (κ1) is 17.9. The summed E-state index contributed by atoms with van der Waals surface area (Å²) in [5.74, 6) is -0.254. The molecule has 1 aromatic carbocycles. The highest BCUT2D eigenvalue weighted by molar-refractivity contribution is 5.96. The highest BCUT2D eigenvalue weighted by Crippen LogP contribution is 2.19. The smallest absolute Gasteiger partial charge is 0.256 e. The Morgan fingerprint density at radius 3 is 2.79 bits per heavy atom. The van der Waals surface area contributed by atoms with Crippen molar-refractivity contribution in [2.45, 2.75) is 13.0 Å². The third-order valence-corrected chi connectivity index (χ3v) is 3.61. The third-order valence-electron chi connectivity index (χ3n) is 3.61. The number of nitrogens with zero attached hydrogens (tertiary/aromatic N) is 2. The summed E-state index contributed by atoms with van der Waals surface area (Å²) in [4.78, 5) is 18.5. The Kier molecular flexibility index (Phi) is 6.26. The van der Waals surface area contributed by atoms with Gasteiger partial charge in [-0.05, 0) is 50.8 Å². The highest BCUT2D eigenvalue weighted by atomic mass is 19.1. The van der Waals surface area contributed by atoms with E-state index in [2.05, 4.69) is 10.3 Å². The topological polar surface area (TPSA) is 54.5 Å². The fourth-order valence-corrected chi connectivity index (χ4v) is 2.41. The molecule has 1 amide bonds. The fraction of sp³-hybridized carbons (Fsp3) is 0.333. The lowest BCUT2D eigenvalue weighted by Gasteiger charge is -2.25. The first-order valence-electron chi connectivity index (χ1n) is 7.80. The molecule has 1 aromatic heterocycles. The number of amides is 1. The van der Waals surface area contributed by atoms with E-state index in [-0.39, 0.29) is 17.8 Å². The van der Waals surface area contributed by atoms with Crippen molar-refractivity contribution < 1.29 is 13.9 Å². The summed E-state index contributed by atoms with van der Waals surface area (Å²) in [7, 11) is 3.77. The maximum Gasteiger partial charge on any atom is 0.256 e.